The highest BCUT2D eigenvalue weighted by Gasteiger charge is 2.21. The third-order valence-corrected chi connectivity index (χ3v) is 5.15. The summed E-state index contributed by atoms with van der Waals surface area (Å²) in [5.74, 6) is 0. The Morgan fingerprint density at radius 3 is 2.60 bits per heavy atom. The van der Waals surface area contributed by atoms with Crippen LogP contribution in [0.5, 0.6) is 0 Å². The molecule has 0 aromatic heterocycles. The predicted octanol–water partition coefficient (Wildman–Crippen LogP) is 1.67. The zero-order chi connectivity index (χ0) is 15.3. The first-order valence-corrected chi connectivity index (χ1v) is 8.57. The zero-order valence-electron chi connectivity index (χ0n) is 11.4. The zero-order valence-corrected chi connectivity index (χ0v) is 13.0. The SMILES string of the molecule is CNc1cc([N+](=O)[O-])ccc1S(=O)(=O)NCC(C)SC. The second-order valence-electron chi connectivity index (χ2n) is 4.09. The standard InChI is InChI=1S/C11H17N3O4S2/c1-8(19-3)7-13-20(17,18)11-5-4-9(14(15)16)6-10(11)12-2/h4-6,8,12-13H,7H2,1-3H3. The van der Waals surface area contributed by atoms with Crippen molar-refractivity contribution in [2.45, 2.75) is 17.1 Å². The highest BCUT2D eigenvalue weighted by molar-refractivity contribution is 7.99. The first-order valence-electron chi connectivity index (χ1n) is 5.80. The van der Waals surface area contributed by atoms with E-state index in [4.69, 9.17) is 0 Å². The molecule has 1 aromatic carbocycles. The molecule has 0 aliphatic carbocycles. The van der Waals surface area contributed by atoms with E-state index in [-0.39, 0.29) is 21.5 Å². The van der Waals surface area contributed by atoms with Crippen molar-refractivity contribution in [2.75, 3.05) is 25.2 Å². The number of benzene rings is 1. The van der Waals surface area contributed by atoms with Crippen LogP contribution < -0.4 is 10.0 Å². The summed E-state index contributed by atoms with van der Waals surface area (Å²) < 4.78 is 26.9. The van der Waals surface area contributed by atoms with Crippen molar-refractivity contribution in [1.29, 1.82) is 0 Å². The van der Waals surface area contributed by atoms with E-state index in [1.54, 1.807) is 11.8 Å². The number of nitro groups is 1. The van der Waals surface area contributed by atoms with Crippen molar-refractivity contribution in [3.63, 3.8) is 0 Å². The predicted molar refractivity (Wildman–Crippen MR) is 80.8 cm³/mol. The van der Waals surface area contributed by atoms with Crippen LogP contribution in [0.25, 0.3) is 0 Å². The number of sulfonamides is 1. The number of nitrogens with zero attached hydrogens (tertiary/aromatic N) is 1. The van der Waals surface area contributed by atoms with Gasteiger partial charge in [0.15, 0.2) is 0 Å². The summed E-state index contributed by atoms with van der Waals surface area (Å²) >= 11 is 1.55. The Kier molecular flexibility index (Phi) is 5.78. The maximum Gasteiger partial charge on any atom is 0.271 e. The van der Waals surface area contributed by atoms with Crippen molar-refractivity contribution < 1.29 is 13.3 Å². The summed E-state index contributed by atoms with van der Waals surface area (Å²) in [4.78, 5) is 10.1. The smallest absolute Gasteiger partial charge is 0.271 e. The molecule has 0 heterocycles. The van der Waals surface area contributed by atoms with Crippen molar-refractivity contribution in [1.82, 2.24) is 4.72 Å². The molecule has 0 bridgehead atoms. The molecule has 0 saturated heterocycles. The van der Waals surface area contributed by atoms with Crippen LogP contribution in [-0.2, 0) is 10.0 Å². The second-order valence-corrected chi connectivity index (χ2v) is 7.10. The minimum Gasteiger partial charge on any atom is -0.387 e. The molecule has 9 heteroatoms. The maximum absolute atomic E-state index is 12.2. The summed E-state index contributed by atoms with van der Waals surface area (Å²) in [6.07, 6.45) is 1.89. The molecule has 0 fully saturated rings. The van der Waals surface area contributed by atoms with Crippen molar-refractivity contribution in [3.8, 4) is 0 Å². The Labute approximate surface area is 122 Å². The van der Waals surface area contributed by atoms with E-state index in [1.165, 1.54) is 25.2 Å². The molecule has 0 amide bonds. The third kappa shape index (κ3) is 4.09. The molecule has 112 valence electrons. The van der Waals surface area contributed by atoms with E-state index in [0.29, 0.717) is 6.54 Å². The molecule has 0 spiro atoms. The van der Waals surface area contributed by atoms with E-state index in [0.717, 1.165) is 0 Å². The lowest BCUT2D eigenvalue weighted by Gasteiger charge is -2.13. The molecule has 0 aliphatic rings. The van der Waals surface area contributed by atoms with Crippen LogP contribution in [0.1, 0.15) is 6.92 Å². The van der Waals surface area contributed by atoms with Crippen LogP contribution in [-0.4, -0.2) is 38.4 Å². The van der Waals surface area contributed by atoms with Crippen molar-refractivity contribution in [3.05, 3.63) is 28.3 Å². The monoisotopic (exact) mass is 319 g/mol. The van der Waals surface area contributed by atoms with Crippen molar-refractivity contribution in [2.24, 2.45) is 0 Å². The van der Waals surface area contributed by atoms with Gasteiger partial charge in [0, 0.05) is 31.0 Å². The average Bonchev–Trinajstić information content (AvgIpc) is 2.43. The molecule has 0 saturated carbocycles. The van der Waals surface area contributed by atoms with Gasteiger partial charge in [-0.05, 0) is 12.3 Å². The fourth-order valence-corrected chi connectivity index (χ4v) is 3.13. The van der Waals surface area contributed by atoms with Gasteiger partial charge < -0.3 is 5.32 Å². The van der Waals surface area contributed by atoms with Crippen molar-refractivity contribution >= 4 is 33.2 Å². The number of hydrogen-bond donors (Lipinski definition) is 2. The first-order chi connectivity index (χ1) is 9.31. The fraction of sp³-hybridized carbons (Fsp3) is 0.455. The van der Waals surface area contributed by atoms with Gasteiger partial charge >= 0.3 is 0 Å². The molecule has 0 aliphatic heterocycles. The van der Waals surface area contributed by atoms with Gasteiger partial charge in [-0.1, -0.05) is 6.92 Å². The minimum absolute atomic E-state index is 0.00102. The lowest BCUT2D eigenvalue weighted by atomic mass is 10.3. The summed E-state index contributed by atoms with van der Waals surface area (Å²) in [7, 11) is -2.18. The molecule has 7 nitrogen and oxygen atoms in total. The Balaban J connectivity index is 3.08. The highest BCUT2D eigenvalue weighted by atomic mass is 32.2. The van der Waals surface area contributed by atoms with Gasteiger partial charge in [0.05, 0.1) is 10.6 Å². The largest absolute Gasteiger partial charge is 0.387 e. The van der Waals surface area contributed by atoms with Gasteiger partial charge in [-0.2, -0.15) is 11.8 Å². The second kappa shape index (κ2) is 6.91. The normalized spacial score (nSPS) is 12.9. The van der Waals surface area contributed by atoms with E-state index >= 15 is 0 Å². The van der Waals surface area contributed by atoms with Crippen LogP contribution in [0.4, 0.5) is 11.4 Å². The number of non-ortho nitro benzene ring substituents is 1. The molecule has 0 radical (unpaired) electrons. The first kappa shape index (κ1) is 16.7. The van der Waals surface area contributed by atoms with Crippen LogP contribution in [0.3, 0.4) is 0 Å². The molecule has 1 unspecified atom stereocenters. The average molecular weight is 319 g/mol. The van der Waals surface area contributed by atoms with Gasteiger partial charge in [0.2, 0.25) is 10.0 Å². The van der Waals surface area contributed by atoms with Gasteiger partial charge in [-0.3, -0.25) is 10.1 Å². The minimum atomic E-state index is -3.70. The fourth-order valence-electron chi connectivity index (χ4n) is 1.45. The van der Waals surface area contributed by atoms with Gasteiger partial charge in [-0.15, -0.1) is 0 Å². The lowest BCUT2D eigenvalue weighted by molar-refractivity contribution is -0.384. The summed E-state index contributed by atoms with van der Waals surface area (Å²) in [5, 5.41) is 13.5. The molecule has 1 aromatic rings. The number of thioether (sulfide) groups is 1. The highest BCUT2D eigenvalue weighted by Crippen LogP contribution is 2.26. The molecular weight excluding hydrogens is 302 g/mol. The summed E-state index contributed by atoms with van der Waals surface area (Å²) in [6, 6.07) is 3.61. The lowest BCUT2D eigenvalue weighted by Crippen LogP contribution is -2.30. The quantitative estimate of drug-likeness (QED) is 0.585. The molecule has 1 rings (SSSR count). The van der Waals surface area contributed by atoms with E-state index in [9.17, 15) is 18.5 Å². The Morgan fingerprint density at radius 1 is 1.45 bits per heavy atom. The van der Waals surface area contributed by atoms with Crippen LogP contribution in [0, 0.1) is 10.1 Å². The van der Waals surface area contributed by atoms with Crippen LogP contribution >= 0.6 is 11.8 Å². The number of nitro benzene ring substituents is 1. The van der Waals surface area contributed by atoms with Gasteiger partial charge in [0.1, 0.15) is 4.90 Å². The number of rotatable bonds is 7. The molecular formula is C11H17N3O4S2. The van der Waals surface area contributed by atoms with E-state index in [2.05, 4.69) is 10.0 Å². The topological polar surface area (TPSA) is 101 Å². The van der Waals surface area contributed by atoms with Crippen LogP contribution in [0.2, 0.25) is 0 Å². The number of hydrogen-bond acceptors (Lipinski definition) is 6. The molecule has 1 atom stereocenters. The number of anilines is 1. The van der Waals surface area contributed by atoms with E-state index < -0.39 is 14.9 Å². The Hall–Kier alpha value is -1.32. The van der Waals surface area contributed by atoms with Gasteiger partial charge in [0.25, 0.3) is 5.69 Å². The number of nitrogens with one attached hydrogen (secondary N) is 2. The summed E-state index contributed by atoms with van der Waals surface area (Å²) in [6.45, 7) is 2.20. The van der Waals surface area contributed by atoms with Gasteiger partial charge in [-0.25, -0.2) is 13.1 Å². The van der Waals surface area contributed by atoms with Crippen LogP contribution in [0.15, 0.2) is 23.1 Å². The Morgan fingerprint density at radius 2 is 2.10 bits per heavy atom. The van der Waals surface area contributed by atoms with E-state index in [1.807, 2.05) is 13.2 Å². The maximum atomic E-state index is 12.2. The summed E-state index contributed by atoms with van der Waals surface area (Å²) in [5.41, 5.74) is 0.0364. The molecule has 20 heavy (non-hydrogen) atoms. The third-order valence-electron chi connectivity index (χ3n) is 2.70. The Bertz CT molecular complexity index is 589. The molecule has 2 N–H and O–H groups in total.